The lowest BCUT2D eigenvalue weighted by Gasteiger charge is -2.12. The predicted molar refractivity (Wildman–Crippen MR) is 109 cm³/mol. The number of thiocarbonyl (C=S) groups is 1. The maximum absolute atomic E-state index is 12.1. The Morgan fingerprint density at radius 3 is 2.61 bits per heavy atom. The number of nitrogens with zero attached hydrogens (tertiary/aromatic N) is 1. The van der Waals surface area contributed by atoms with Gasteiger partial charge in [0, 0.05) is 11.1 Å². The van der Waals surface area contributed by atoms with Crippen LogP contribution < -0.4 is 20.9 Å². The molecule has 0 aromatic heterocycles. The van der Waals surface area contributed by atoms with Crippen molar-refractivity contribution in [2.24, 2.45) is 0 Å². The highest BCUT2D eigenvalue weighted by molar-refractivity contribution is 9.10. The van der Waals surface area contributed by atoms with E-state index in [1.54, 1.807) is 18.2 Å². The number of ether oxygens (including phenoxy) is 1. The number of carbonyl (C=O) groups excluding carboxylic acids is 2. The first kappa shape index (κ1) is 21.5. The number of para-hydroxylation sites is 1. The Labute approximate surface area is 177 Å². The van der Waals surface area contributed by atoms with Crippen LogP contribution in [0.1, 0.15) is 10.4 Å². The number of nitro groups is 1. The lowest BCUT2D eigenvalue weighted by atomic mass is 10.1. The lowest BCUT2D eigenvalue weighted by molar-refractivity contribution is -0.385. The molecule has 0 aliphatic carbocycles. The minimum absolute atomic E-state index is 0.168. The van der Waals surface area contributed by atoms with Crippen LogP contribution >= 0.6 is 39.7 Å². The number of nitro benzene ring substituents is 1. The van der Waals surface area contributed by atoms with Crippen LogP contribution in [-0.2, 0) is 4.79 Å². The number of hydrazine groups is 1. The van der Waals surface area contributed by atoms with Gasteiger partial charge in [-0.2, -0.15) is 0 Å². The molecule has 0 unspecified atom stereocenters. The van der Waals surface area contributed by atoms with Crippen LogP contribution in [0, 0.1) is 10.1 Å². The zero-order chi connectivity index (χ0) is 20.7. The van der Waals surface area contributed by atoms with Crippen molar-refractivity contribution in [1.29, 1.82) is 0 Å². The van der Waals surface area contributed by atoms with Gasteiger partial charge < -0.3 is 4.74 Å². The molecule has 0 radical (unpaired) electrons. The van der Waals surface area contributed by atoms with Crippen molar-refractivity contribution in [1.82, 2.24) is 16.2 Å². The summed E-state index contributed by atoms with van der Waals surface area (Å²) in [5.41, 5.74) is 4.01. The number of halogens is 2. The Bertz CT molecular complexity index is 943. The molecular formula is C16H12BrClN4O5S. The fraction of sp³-hybridized carbons (Fsp3) is 0.0625. The van der Waals surface area contributed by atoms with Crippen molar-refractivity contribution < 1.29 is 19.2 Å². The van der Waals surface area contributed by atoms with E-state index in [4.69, 9.17) is 28.6 Å². The summed E-state index contributed by atoms with van der Waals surface area (Å²) in [6.07, 6.45) is 0. The first-order valence-electron chi connectivity index (χ1n) is 7.49. The number of hydrogen-bond acceptors (Lipinski definition) is 6. The van der Waals surface area contributed by atoms with Crippen LogP contribution in [0.3, 0.4) is 0 Å². The summed E-state index contributed by atoms with van der Waals surface area (Å²) in [7, 11) is 0. The van der Waals surface area contributed by atoms with E-state index in [9.17, 15) is 19.7 Å². The van der Waals surface area contributed by atoms with Crippen LogP contribution in [0.2, 0.25) is 5.02 Å². The van der Waals surface area contributed by atoms with E-state index < -0.39 is 16.7 Å². The topological polar surface area (TPSA) is 123 Å². The van der Waals surface area contributed by atoms with Gasteiger partial charge in [-0.05, 0) is 52.4 Å². The highest BCUT2D eigenvalue weighted by Crippen LogP contribution is 2.27. The molecule has 2 aromatic rings. The van der Waals surface area contributed by atoms with Crippen LogP contribution in [0.4, 0.5) is 5.69 Å². The van der Waals surface area contributed by atoms with Gasteiger partial charge >= 0.3 is 0 Å². The van der Waals surface area contributed by atoms with Crippen LogP contribution in [-0.4, -0.2) is 28.5 Å². The molecule has 0 heterocycles. The first-order chi connectivity index (χ1) is 13.3. The van der Waals surface area contributed by atoms with Gasteiger partial charge in [0.2, 0.25) is 0 Å². The summed E-state index contributed by atoms with van der Waals surface area (Å²) in [6, 6.07) is 10.2. The van der Waals surface area contributed by atoms with Crippen LogP contribution in [0.25, 0.3) is 0 Å². The van der Waals surface area contributed by atoms with Gasteiger partial charge in [-0.15, -0.1) is 0 Å². The second-order valence-electron chi connectivity index (χ2n) is 5.09. The molecule has 0 fully saturated rings. The average Bonchev–Trinajstić information content (AvgIpc) is 2.65. The molecule has 0 spiro atoms. The number of amides is 2. The van der Waals surface area contributed by atoms with Crippen molar-refractivity contribution in [3.63, 3.8) is 0 Å². The Hall–Kier alpha value is -2.76. The number of benzene rings is 2. The summed E-state index contributed by atoms with van der Waals surface area (Å²) in [5.74, 6) is -0.962. The fourth-order valence-electron chi connectivity index (χ4n) is 1.92. The van der Waals surface area contributed by atoms with Crippen LogP contribution in [0.5, 0.6) is 5.75 Å². The predicted octanol–water partition coefficient (Wildman–Crippen LogP) is 2.73. The molecule has 12 heteroatoms. The quantitative estimate of drug-likeness (QED) is 0.337. The summed E-state index contributed by atoms with van der Waals surface area (Å²) in [6.45, 7) is -0.339. The molecular weight excluding hydrogens is 476 g/mol. The Kier molecular flexibility index (Phi) is 7.67. The number of rotatable bonds is 5. The van der Waals surface area contributed by atoms with Gasteiger partial charge in [0.05, 0.1) is 9.40 Å². The number of hydrogen-bond donors (Lipinski definition) is 3. The van der Waals surface area contributed by atoms with Gasteiger partial charge in [0.25, 0.3) is 17.5 Å². The van der Waals surface area contributed by atoms with E-state index in [1.807, 2.05) is 0 Å². The molecule has 146 valence electrons. The second-order valence-corrected chi connectivity index (χ2v) is 6.79. The Morgan fingerprint density at radius 2 is 1.93 bits per heavy atom. The van der Waals surface area contributed by atoms with Crippen molar-refractivity contribution in [2.75, 3.05) is 6.61 Å². The van der Waals surface area contributed by atoms with E-state index in [1.165, 1.54) is 24.3 Å². The Balaban J connectivity index is 1.82. The first-order valence-corrected chi connectivity index (χ1v) is 9.07. The van der Waals surface area contributed by atoms with Crippen molar-refractivity contribution in [3.05, 3.63) is 67.6 Å². The van der Waals surface area contributed by atoms with Gasteiger partial charge in [-0.25, -0.2) is 0 Å². The third kappa shape index (κ3) is 6.15. The minimum atomic E-state index is -0.791. The third-order valence-corrected chi connectivity index (χ3v) is 4.20. The normalized spacial score (nSPS) is 9.93. The lowest BCUT2D eigenvalue weighted by Crippen LogP contribution is -2.49. The molecule has 2 aromatic carbocycles. The summed E-state index contributed by atoms with van der Waals surface area (Å²) in [4.78, 5) is 34.2. The minimum Gasteiger partial charge on any atom is -0.483 e. The van der Waals surface area contributed by atoms with Crippen LogP contribution in [0.15, 0.2) is 46.9 Å². The largest absolute Gasteiger partial charge is 0.483 e. The average molecular weight is 488 g/mol. The van der Waals surface area contributed by atoms with E-state index in [0.717, 1.165) is 0 Å². The molecule has 28 heavy (non-hydrogen) atoms. The number of carbonyl (C=O) groups is 2. The maximum atomic E-state index is 12.1. The van der Waals surface area contributed by atoms with Gasteiger partial charge in [0.1, 0.15) is 11.3 Å². The summed E-state index contributed by atoms with van der Waals surface area (Å²) in [5, 5.41) is 13.4. The molecule has 0 aliphatic heterocycles. The zero-order valence-electron chi connectivity index (χ0n) is 13.9. The fourth-order valence-corrected chi connectivity index (χ4v) is 2.87. The van der Waals surface area contributed by atoms with Gasteiger partial charge in [-0.3, -0.25) is 35.9 Å². The molecule has 0 aliphatic rings. The standard InChI is InChI=1S/C16H12BrClN4O5S/c17-11-7-9(18)5-6-13(11)27-8-14(23)20-21-16(28)19-15(24)10-3-1-2-4-12(10)22(25)26/h1-7H,8H2,(H,20,23)(H2,19,21,24,28). The van der Waals surface area contributed by atoms with Crippen molar-refractivity contribution in [2.45, 2.75) is 0 Å². The molecule has 2 rings (SSSR count). The van der Waals surface area contributed by atoms with E-state index in [2.05, 4.69) is 32.1 Å². The van der Waals surface area contributed by atoms with Gasteiger partial charge in [-0.1, -0.05) is 23.7 Å². The summed E-state index contributed by atoms with van der Waals surface area (Å²) >= 11 is 13.9. The summed E-state index contributed by atoms with van der Waals surface area (Å²) < 4.78 is 5.89. The van der Waals surface area contributed by atoms with E-state index >= 15 is 0 Å². The second kappa shape index (κ2) is 9.97. The van der Waals surface area contributed by atoms with Crippen molar-refractivity contribution >= 4 is 62.4 Å². The zero-order valence-corrected chi connectivity index (χ0v) is 17.1. The van der Waals surface area contributed by atoms with Gasteiger partial charge in [0.15, 0.2) is 11.7 Å². The van der Waals surface area contributed by atoms with E-state index in [0.29, 0.717) is 15.2 Å². The van der Waals surface area contributed by atoms with Crippen molar-refractivity contribution in [3.8, 4) is 5.75 Å². The third-order valence-electron chi connectivity index (χ3n) is 3.14. The maximum Gasteiger partial charge on any atom is 0.282 e. The molecule has 9 nitrogen and oxygen atoms in total. The molecule has 3 N–H and O–H groups in total. The Morgan fingerprint density at radius 1 is 1.21 bits per heavy atom. The number of nitrogens with one attached hydrogen (secondary N) is 3. The van der Waals surface area contributed by atoms with E-state index in [-0.39, 0.29) is 23.0 Å². The SMILES string of the molecule is O=C(COc1ccc(Cl)cc1Br)NNC(=S)NC(=O)c1ccccc1[N+](=O)[O-]. The molecule has 0 bridgehead atoms. The molecule has 0 saturated heterocycles. The highest BCUT2D eigenvalue weighted by Gasteiger charge is 2.20. The molecule has 0 atom stereocenters. The monoisotopic (exact) mass is 486 g/mol. The smallest absolute Gasteiger partial charge is 0.282 e. The molecule has 2 amide bonds. The molecule has 0 saturated carbocycles. The highest BCUT2D eigenvalue weighted by atomic mass is 79.9.